The largest absolute Gasteiger partial charge is 0.465 e. The van der Waals surface area contributed by atoms with Gasteiger partial charge in [-0.05, 0) is 44.0 Å². The molecule has 6 heteroatoms. The number of carbonyl (C=O) groups excluding carboxylic acids is 2. The summed E-state index contributed by atoms with van der Waals surface area (Å²) in [5.41, 5.74) is 1.67. The molecule has 1 unspecified atom stereocenters. The Labute approximate surface area is 152 Å². The fourth-order valence-corrected chi connectivity index (χ4v) is 2.68. The van der Waals surface area contributed by atoms with Crippen molar-refractivity contribution < 1.29 is 18.7 Å². The van der Waals surface area contributed by atoms with Crippen LogP contribution in [0, 0.1) is 6.92 Å². The maximum absolute atomic E-state index is 12.6. The van der Waals surface area contributed by atoms with Gasteiger partial charge in [-0.2, -0.15) is 0 Å². The summed E-state index contributed by atoms with van der Waals surface area (Å²) in [4.78, 5) is 25.0. The molecule has 1 aliphatic heterocycles. The van der Waals surface area contributed by atoms with Gasteiger partial charge in [-0.3, -0.25) is 9.59 Å². The second-order valence-corrected chi connectivity index (χ2v) is 6.24. The second-order valence-electron chi connectivity index (χ2n) is 6.24. The molecule has 2 N–H and O–H groups in total. The van der Waals surface area contributed by atoms with Gasteiger partial charge < -0.3 is 19.8 Å². The average molecular weight is 354 g/mol. The highest BCUT2D eigenvalue weighted by Crippen LogP contribution is 2.12. The number of nitrogens with one attached hydrogen (secondary N) is 2. The first kappa shape index (κ1) is 17.9. The van der Waals surface area contributed by atoms with Crippen molar-refractivity contribution in [1.82, 2.24) is 10.6 Å². The Morgan fingerprint density at radius 1 is 1.23 bits per heavy atom. The first-order valence-electron chi connectivity index (χ1n) is 8.65. The van der Waals surface area contributed by atoms with Crippen LogP contribution in [0.1, 0.15) is 34.5 Å². The number of rotatable bonds is 6. The van der Waals surface area contributed by atoms with E-state index in [2.05, 4.69) is 10.6 Å². The van der Waals surface area contributed by atoms with Crippen molar-refractivity contribution in [3.63, 3.8) is 0 Å². The lowest BCUT2D eigenvalue weighted by molar-refractivity contribution is -0.118. The van der Waals surface area contributed by atoms with E-state index in [-0.39, 0.29) is 23.6 Å². The zero-order valence-corrected chi connectivity index (χ0v) is 14.7. The first-order valence-corrected chi connectivity index (χ1v) is 8.65. The van der Waals surface area contributed by atoms with Crippen LogP contribution in [0.15, 0.2) is 52.8 Å². The fraction of sp³-hybridized carbons (Fsp3) is 0.300. The second kappa shape index (κ2) is 8.49. The van der Waals surface area contributed by atoms with E-state index in [0.717, 1.165) is 25.0 Å². The molecule has 2 aromatic rings. The van der Waals surface area contributed by atoms with Gasteiger partial charge in [-0.1, -0.05) is 17.7 Å². The van der Waals surface area contributed by atoms with E-state index < -0.39 is 0 Å². The van der Waals surface area contributed by atoms with Gasteiger partial charge in [0.05, 0.1) is 12.4 Å². The molecule has 0 aliphatic carbocycles. The molecule has 1 atom stereocenters. The van der Waals surface area contributed by atoms with Crippen LogP contribution in [-0.2, 0) is 9.53 Å². The molecule has 2 amide bonds. The topological polar surface area (TPSA) is 80.6 Å². The van der Waals surface area contributed by atoms with Crippen LogP contribution in [0.3, 0.4) is 0 Å². The minimum atomic E-state index is -0.377. The molecule has 1 aliphatic rings. The lowest BCUT2D eigenvalue weighted by atomic mass is 10.1. The normalized spacial score (nSPS) is 17.1. The predicted octanol–water partition coefficient (Wildman–Crippen LogP) is 2.65. The quantitative estimate of drug-likeness (QED) is 0.782. The van der Waals surface area contributed by atoms with Crippen LogP contribution in [0.25, 0.3) is 6.08 Å². The van der Waals surface area contributed by atoms with E-state index in [9.17, 15) is 9.59 Å². The summed E-state index contributed by atoms with van der Waals surface area (Å²) < 4.78 is 10.8. The Hall–Kier alpha value is -2.86. The third-order valence-electron chi connectivity index (χ3n) is 4.15. The van der Waals surface area contributed by atoms with Gasteiger partial charge >= 0.3 is 0 Å². The molecule has 0 radical (unpaired) electrons. The van der Waals surface area contributed by atoms with E-state index in [4.69, 9.17) is 9.15 Å². The van der Waals surface area contributed by atoms with Crippen molar-refractivity contribution in [1.29, 1.82) is 0 Å². The molecule has 3 rings (SSSR count). The number of furan rings is 1. The molecule has 0 bridgehead atoms. The highest BCUT2D eigenvalue weighted by atomic mass is 16.5. The van der Waals surface area contributed by atoms with Gasteiger partial charge in [0.2, 0.25) is 0 Å². The molecule has 1 fully saturated rings. The predicted molar refractivity (Wildman–Crippen MR) is 97.3 cm³/mol. The average Bonchev–Trinajstić information content (AvgIpc) is 3.33. The van der Waals surface area contributed by atoms with Gasteiger partial charge in [-0.25, -0.2) is 0 Å². The SMILES string of the molecule is Cc1ccc(C(=O)NC(=Cc2ccco2)C(=O)NCC2CCCO2)cc1. The molecule has 1 aromatic heterocycles. The van der Waals surface area contributed by atoms with Gasteiger partial charge in [-0.15, -0.1) is 0 Å². The standard InChI is InChI=1S/C20H22N2O4/c1-14-6-8-15(9-7-14)19(23)22-18(12-16-4-2-10-25-16)20(24)21-13-17-5-3-11-26-17/h2,4,6-10,12,17H,3,5,11,13H2,1H3,(H,21,24)(H,22,23). The molecule has 1 aromatic carbocycles. The number of amides is 2. The van der Waals surface area contributed by atoms with Crippen molar-refractivity contribution in [2.45, 2.75) is 25.9 Å². The molecule has 2 heterocycles. The maximum Gasteiger partial charge on any atom is 0.268 e. The summed E-state index contributed by atoms with van der Waals surface area (Å²) in [6, 6.07) is 10.6. The van der Waals surface area contributed by atoms with Gasteiger partial charge in [0.15, 0.2) is 0 Å². The highest BCUT2D eigenvalue weighted by Gasteiger charge is 2.19. The minimum Gasteiger partial charge on any atom is -0.465 e. The number of benzene rings is 1. The van der Waals surface area contributed by atoms with Crippen molar-refractivity contribution in [3.8, 4) is 0 Å². The fourth-order valence-electron chi connectivity index (χ4n) is 2.68. The summed E-state index contributed by atoms with van der Waals surface area (Å²) in [6.07, 6.45) is 4.97. The smallest absolute Gasteiger partial charge is 0.268 e. The molecule has 136 valence electrons. The number of ether oxygens (including phenoxy) is 1. The van der Waals surface area contributed by atoms with E-state index >= 15 is 0 Å². The zero-order valence-electron chi connectivity index (χ0n) is 14.7. The summed E-state index contributed by atoms with van der Waals surface area (Å²) >= 11 is 0. The molecule has 26 heavy (non-hydrogen) atoms. The molecule has 1 saturated heterocycles. The Morgan fingerprint density at radius 3 is 2.69 bits per heavy atom. The molecular formula is C20H22N2O4. The molecule has 0 saturated carbocycles. The first-order chi connectivity index (χ1) is 12.6. The number of aryl methyl sites for hydroxylation is 1. The van der Waals surface area contributed by atoms with Crippen molar-refractivity contribution in [2.75, 3.05) is 13.2 Å². The Morgan fingerprint density at radius 2 is 2.04 bits per heavy atom. The Balaban J connectivity index is 1.71. The van der Waals surface area contributed by atoms with Gasteiger partial charge in [0.25, 0.3) is 11.8 Å². The van der Waals surface area contributed by atoms with E-state index in [1.807, 2.05) is 19.1 Å². The summed E-state index contributed by atoms with van der Waals surface area (Å²) in [6.45, 7) is 3.08. The summed E-state index contributed by atoms with van der Waals surface area (Å²) in [5, 5.41) is 5.49. The number of hydrogen-bond donors (Lipinski definition) is 2. The van der Waals surface area contributed by atoms with Crippen LogP contribution < -0.4 is 10.6 Å². The lowest BCUT2D eigenvalue weighted by Crippen LogP contribution is -2.38. The van der Waals surface area contributed by atoms with Crippen LogP contribution in [0.4, 0.5) is 0 Å². The third-order valence-corrected chi connectivity index (χ3v) is 4.15. The van der Waals surface area contributed by atoms with Crippen LogP contribution in [0.2, 0.25) is 0 Å². The van der Waals surface area contributed by atoms with Crippen molar-refractivity contribution in [3.05, 3.63) is 65.2 Å². The lowest BCUT2D eigenvalue weighted by Gasteiger charge is -2.13. The van der Waals surface area contributed by atoms with Gasteiger partial charge in [0, 0.05) is 24.8 Å². The minimum absolute atomic E-state index is 0.0246. The van der Waals surface area contributed by atoms with Crippen molar-refractivity contribution >= 4 is 17.9 Å². The Bertz CT molecular complexity index is 773. The van der Waals surface area contributed by atoms with Crippen molar-refractivity contribution in [2.24, 2.45) is 0 Å². The van der Waals surface area contributed by atoms with Crippen LogP contribution in [0.5, 0.6) is 0 Å². The maximum atomic E-state index is 12.6. The zero-order chi connectivity index (χ0) is 18.4. The van der Waals surface area contributed by atoms with Crippen LogP contribution >= 0.6 is 0 Å². The molecule has 6 nitrogen and oxygen atoms in total. The number of carbonyl (C=O) groups is 2. The van der Waals surface area contributed by atoms with E-state index in [1.165, 1.54) is 12.3 Å². The van der Waals surface area contributed by atoms with Crippen LogP contribution in [-0.4, -0.2) is 31.1 Å². The molecular weight excluding hydrogens is 332 g/mol. The highest BCUT2D eigenvalue weighted by molar-refractivity contribution is 6.05. The molecule has 0 spiro atoms. The summed E-state index contributed by atoms with van der Waals surface area (Å²) in [5.74, 6) is -0.246. The Kier molecular flexibility index (Phi) is 5.86. The van der Waals surface area contributed by atoms with Gasteiger partial charge in [0.1, 0.15) is 11.5 Å². The monoisotopic (exact) mass is 354 g/mol. The number of hydrogen-bond acceptors (Lipinski definition) is 4. The van der Waals surface area contributed by atoms with E-state index in [0.29, 0.717) is 17.9 Å². The summed E-state index contributed by atoms with van der Waals surface area (Å²) in [7, 11) is 0. The third kappa shape index (κ3) is 4.83. The van der Waals surface area contributed by atoms with E-state index in [1.54, 1.807) is 24.3 Å².